The maximum absolute atomic E-state index is 6.29. The van der Waals surface area contributed by atoms with Gasteiger partial charge in [0.25, 0.3) is 0 Å². The Kier molecular flexibility index (Phi) is 6.97. The summed E-state index contributed by atoms with van der Waals surface area (Å²) in [5, 5.41) is 4.55. The second kappa shape index (κ2) is 10.6. The topological polar surface area (TPSA) is 51.4 Å². The predicted molar refractivity (Wildman–Crippen MR) is 172 cm³/mol. The summed E-state index contributed by atoms with van der Waals surface area (Å²) in [7, 11) is 0. The Bertz CT molecular complexity index is 1720. The number of para-hydroxylation sites is 1. The van der Waals surface area contributed by atoms with Crippen LogP contribution in [0.2, 0.25) is 0 Å². The van der Waals surface area contributed by atoms with Crippen LogP contribution in [0.1, 0.15) is 70.0 Å². The molecule has 1 aromatic heterocycles. The Balaban J connectivity index is 1.32. The zero-order valence-corrected chi connectivity index (χ0v) is 25.2. The molecule has 1 atom stereocenters. The van der Waals surface area contributed by atoms with Gasteiger partial charge in [0.2, 0.25) is 12.1 Å². The molecular weight excluding hydrogens is 516 g/mol. The number of rotatable bonds is 5. The third-order valence-corrected chi connectivity index (χ3v) is 7.78. The molecule has 0 bridgehead atoms. The zero-order valence-electron chi connectivity index (χ0n) is 25.2. The van der Waals surface area contributed by atoms with E-state index in [1.54, 1.807) is 0 Å². The Morgan fingerprint density at radius 3 is 1.93 bits per heavy atom. The first-order valence-corrected chi connectivity index (χ1v) is 14.5. The molecule has 0 fully saturated rings. The minimum atomic E-state index is -0.324. The summed E-state index contributed by atoms with van der Waals surface area (Å²) in [4.78, 5) is 4.92. The van der Waals surface area contributed by atoms with Gasteiger partial charge in [-0.2, -0.15) is 0 Å². The average Bonchev–Trinajstić information content (AvgIpc) is 3.66. The van der Waals surface area contributed by atoms with Crippen LogP contribution < -0.4 is 5.43 Å². The zero-order chi connectivity index (χ0) is 29.5. The SMILES string of the molecule is CC(C)(C)c1ccc(-c2ncc(-c3cccc(C4=NNC(c5ccc(C(C)(C)C)cc5)O4)c3)n2-c2ccccc2)cc1. The smallest absolute Gasteiger partial charge is 0.240 e. The molecule has 5 heteroatoms. The molecule has 0 saturated carbocycles. The van der Waals surface area contributed by atoms with E-state index >= 15 is 0 Å². The molecule has 212 valence electrons. The van der Waals surface area contributed by atoms with Crippen molar-refractivity contribution in [2.75, 3.05) is 0 Å². The van der Waals surface area contributed by atoms with Crippen LogP contribution in [0.5, 0.6) is 0 Å². The van der Waals surface area contributed by atoms with Crippen LogP contribution in [0.25, 0.3) is 28.3 Å². The van der Waals surface area contributed by atoms with Gasteiger partial charge in [-0.15, -0.1) is 5.10 Å². The molecule has 42 heavy (non-hydrogen) atoms. The molecule has 0 spiro atoms. The van der Waals surface area contributed by atoms with Crippen molar-refractivity contribution in [2.45, 2.75) is 58.6 Å². The summed E-state index contributed by atoms with van der Waals surface area (Å²) in [5.74, 6) is 1.47. The number of benzene rings is 4. The fourth-order valence-corrected chi connectivity index (χ4v) is 5.24. The second-order valence-electron chi connectivity index (χ2n) is 13.0. The number of hydrogen-bond donors (Lipinski definition) is 1. The molecule has 1 unspecified atom stereocenters. The van der Waals surface area contributed by atoms with E-state index in [1.807, 2.05) is 24.4 Å². The summed E-state index contributed by atoms with van der Waals surface area (Å²) < 4.78 is 8.52. The molecule has 0 saturated heterocycles. The number of hydrazone groups is 1. The molecular formula is C37H38N4O. The lowest BCUT2D eigenvalue weighted by molar-refractivity contribution is 0.191. The molecule has 5 nitrogen and oxygen atoms in total. The van der Waals surface area contributed by atoms with E-state index < -0.39 is 0 Å². The fourth-order valence-electron chi connectivity index (χ4n) is 5.24. The molecule has 0 radical (unpaired) electrons. The van der Waals surface area contributed by atoms with Gasteiger partial charge in [-0.3, -0.25) is 9.99 Å². The van der Waals surface area contributed by atoms with Crippen LogP contribution in [0.15, 0.2) is 114 Å². The van der Waals surface area contributed by atoms with Crippen LogP contribution in [0.3, 0.4) is 0 Å². The number of imidazole rings is 1. The van der Waals surface area contributed by atoms with Gasteiger partial charge >= 0.3 is 0 Å². The van der Waals surface area contributed by atoms with Gasteiger partial charge in [-0.1, -0.05) is 120 Å². The van der Waals surface area contributed by atoms with Gasteiger partial charge in [0.1, 0.15) is 5.82 Å². The lowest BCUT2D eigenvalue weighted by atomic mass is 9.86. The van der Waals surface area contributed by atoms with Crippen LogP contribution in [-0.4, -0.2) is 15.4 Å². The maximum Gasteiger partial charge on any atom is 0.240 e. The first kappa shape index (κ1) is 27.5. The van der Waals surface area contributed by atoms with Gasteiger partial charge in [0.05, 0.1) is 11.9 Å². The Morgan fingerprint density at radius 2 is 1.29 bits per heavy atom. The van der Waals surface area contributed by atoms with E-state index in [0.29, 0.717) is 5.90 Å². The lowest BCUT2D eigenvalue weighted by Gasteiger charge is -2.20. The highest BCUT2D eigenvalue weighted by molar-refractivity contribution is 5.96. The first-order chi connectivity index (χ1) is 20.1. The van der Waals surface area contributed by atoms with Crippen molar-refractivity contribution in [3.63, 3.8) is 0 Å². The van der Waals surface area contributed by atoms with E-state index in [1.165, 1.54) is 11.1 Å². The summed E-state index contributed by atoms with van der Waals surface area (Å²) in [6, 6.07) is 36.0. The van der Waals surface area contributed by atoms with Crippen LogP contribution in [0, 0.1) is 0 Å². The van der Waals surface area contributed by atoms with Crippen LogP contribution in [-0.2, 0) is 15.6 Å². The Hall–Kier alpha value is -4.64. The maximum atomic E-state index is 6.29. The van der Waals surface area contributed by atoms with Gasteiger partial charge in [-0.25, -0.2) is 4.98 Å². The average molecular weight is 555 g/mol. The van der Waals surface area contributed by atoms with E-state index in [2.05, 4.69) is 142 Å². The molecule has 6 rings (SSSR count). The van der Waals surface area contributed by atoms with Crippen LogP contribution >= 0.6 is 0 Å². The third kappa shape index (κ3) is 5.47. The normalized spacial score (nSPS) is 15.2. The van der Waals surface area contributed by atoms with Crippen molar-refractivity contribution in [1.29, 1.82) is 0 Å². The quantitative estimate of drug-likeness (QED) is 0.236. The standard InChI is InChI=1S/C37H38N4O/c1-36(2,3)29-19-15-25(16-20-29)33-38-24-32(41(33)31-13-8-7-9-14-31)27-11-10-12-28(23-27)35-40-39-34(42-35)26-17-21-30(22-18-26)37(4,5)6/h7-24,34,39H,1-6H3. The molecule has 4 aromatic carbocycles. The minimum absolute atomic E-state index is 0.0910. The number of ether oxygens (including phenoxy) is 1. The molecule has 1 aliphatic heterocycles. The van der Waals surface area contributed by atoms with Crippen molar-refractivity contribution in [2.24, 2.45) is 5.10 Å². The summed E-state index contributed by atoms with van der Waals surface area (Å²) >= 11 is 0. The van der Waals surface area contributed by atoms with Crippen molar-refractivity contribution >= 4 is 5.90 Å². The van der Waals surface area contributed by atoms with E-state index in [0.717, 1.165) is 39.5 Å². The Morgan fingerprint density at radius 1 is 0.667 bits per heavy atom. The van der Waals surface area contributed by atoms with Gasteiger partial charge in [0, 0.05) is 27.9 Å². The summed E-state index contributed by atoms with van der Waals surface area (Å²) in [6.45, 7) is 13.4. The Labute approximate surface area is 248 Å². The van der Waals surface area contributed by atoms with Crippen molar-refractivity contribution in [1.82, 2.24) is 15.0 Å². The van der Waals surface area contributed by atoms with Gasteiger partial charge < -0.3 is 4.74 Å². The molecule has 1 N–H and O–H groups in total. The molecule has 1 aliphatic rings. The lowest BCUT2D eigenvalue weighted by Crippen LogP contribution is -2.14. The van der Waals surface area contributed by atoms with Gasteiger partial charge in [-0.05, 0) is 46.2 Å². The number of nitrogens with one attached hydrogen (secondary N) is 1. The highest BCUT2D eigenvalue weighted by Crippen LogP contribution is 2.33. The fraction of sp³-hybridized carbons (Fsp3) is 0.243. The molecule has 0 aliphatic carbocycles. The van der Waals surface area contributed by atoms with Crippen molar-refractivity contribution in [3.05, 3.63) is 132 Å². The number of aromatic nitrogens is 2. The largest absolute Gasteiger partial charge is 0.446 e. The van der Waals surface area contributed by atoms with E-state index in [9.17, 15) is 0 Å². The molecule has 5 aromatic rings. The number of hydrogen-bond acceptors (Lipinski definition) is 4. The first-order valence-electron chi connectivity index (χ1n) is 14.5. The molecule has 2 heterocycles. The van der Waals surface area contributed by atoms with Crippen molar-refractivity contribution in [3.8, 4) is 28.3 Å². The third-order valence-electron chi connectivity index (χ3n) is 7.78. The monoisotopic (exact) mass is 554 g/mol. The molecule has 0 amide bonds. The van der Waals surface area contributed by atoms with E-state index in [-0.39, 0.29) is 17.1 Å². The van der Waals surface area contributed by atoms with Crippen LogP contribution in [0.4, 0.5) is 0 Å². The highest BCUT2D eigenvalue weighted by atomic mass is 16.5. The van der Waals surface area contributed by atoms with Crippen molar-refractivity contribution < 1.29 is 4.74 Å². The highest BCUT2D eigenvalue weighted by Gasteiger charge is 2.24. The van der Waals surface area contributed by atoms with E-state index in [4.69, 9.17) is 9.72 Å². The summed E-state index contributed by atoms with van der Waals surface area (Å²) in [5.41, 5.74) is 12.1. The number of nitrogens with zero attached hydrogens (tertiary/aromatic N) is 3. The minimum Gasteiger partial charge on any atom is -0.446 e. The second-order valence-corrected chi connectivity index (χ2v) is 13.0. The predicted octanol–water partition coefficient (Wildman–Crippen LogP) is 8.78. The summed E-state index contributed by atoms with van der Waals surface area (Å²) in [6.07, 6.45) is 1.63. The van der Waals surface area contributed by atoms with Gasteiger partial charge in [0.15, 0.2) is 0 Å².